The number of benzene rings is 1. The van der Waals surface area contributed by atoms with Crippen molar-refractivity contribution in [2.24, 2.45) is 5.41 Å². The Hall–Kier alpha value is -0.540. The van der Waals surface area contributed by atoms with Crippen molar-refractivity contribution in [1.82, 2.24) is 0 Å². The monoisotopic (exact) mass is 284 g/mol. The van der Waals surface area contributed by atoms with E-state index in [0.29, 0.717) is 11.2 Å². The first-order valence-corrected chi connectivity index (χ1v) is 6.78. The van der Waals surface area contributed by atoms with Gasteiger partial charge in [0.05, 0.1) is 0 Å². The zero-order valence-electron chi connectivity index (χ0n) is 9.29. The molecular weight excluding hydrogens is 268 g/mol. The van der Waals surface area contributed by atoms with Crippen molar-refractivity contribution < 1.29 is 9.84 Å². The first kappa shape index (κ1) is 11.9. The third-order valence-corrected chi connectivity index (χ3v) is 4.54. The number of phenolic OH excluding ortho intramolecular Hbond substituents is 1. The van der Waals surface area contributed by atoms with E-state index >= 15 is 0 Å². The molecule has 0 aliphatic carbocycles. The zero-order valence-corrected chi connectivity index (χ0v) is 10.9. The van der Waals surface area contributed by atoms with Crippen LogP contribution in [-0.4, -0.2) is 23.7 Å². The Bertz CT molecular complexity index is 328. The minimum absolute atomic E-state index is 0.329. The minimum atomic E-state index is 0.329. The summed E-state index contributed by atoms with van der Waals surface area (Å²) in [5.41, 5.74) is 1.62. The van der Waals surface area contributed by atoms with Crippen molar-refractivity contribution in [3.63, 3.8) is 0 Å². The molecule has 16 heavy (non-hydrogen) atoms. The molecule has 3 heteroatoms. The molecule has 1 aromatic rings. The van der Waals surface area contributed by atoms with E-state index in [0.717, 1.165) is 37.8 Å². The summed E-state index contributed by atoms with van der Waals surface area (Å²) in [5, 5.41) is 10.3. The summed E-state index contributed by atoms with van der Waals surface area (Å²) in [5.74, 6) is 0.337. The average Bonchev–Trinajstić information content (AvgIpc) is 2.33. The van der Waals surface area contributed by atoms with Crippen LogP contribution in [0.5, 0.6) is 5.75 Å². The van der Waals surface area contributed by atoms with Gasteiger partial charge in [0.2, 0.25) is 0 Å². The van der Waals surface area contributed by atoms with Crippen LogP contribution in [0.15, 0.2) is 24.3 Å². The van der Waals surface area contributed by atoms with Crippen LogP contribution in [0.3, 0.4) is 0 Å². The predicted octanol–water partition coefficient (Wildman–Crippen LogP) is 3.13. The maximum absolute atomic E-state index is 9.25. The summed E-state index contributed by atoms with van der Waals surface area (Å²) >= 11 is 3.64. The van der Waals surface area contributed by atoms with E-state index in [2.05, 4.69) is 15.9 Å². The molecule has 2 nitrogen and oxygen atoms in total. The highest BCUT2D eigenvalue weighted by atomic mass is 79.9. The molecule has 1 fully saturated rings. The number of aromatic hydroxyl groups is 1. The van der Waals surface area contributed by atoms with Crippen LogP contribution < -0.4 is 0 Å². The standard InChI is InChI=1S/C13H17BrO2/c14-10-13(5-7-16-8-6-13)9-11-1-3-12(15)4-2-11/h1-4,15H,5-10H2. The summed E-state index contributed by atoms with van der Waals surface area (Å²) in [6.45, 7) is 1.73. The molecule has 0 radical (unpaired) electrons. The Kier molecular flexibility index (Phi) is 3.87. The van der Waals surface area contributed by atoms with Crippen molar-refractivity contribution in [1.29, 1.82) is 0 Å². The lowest BCUT2D eigenvalue weighted by Gasteiger charge is -2.35. The largest absolute Gasteiger partial charge is 0.508 e. The molecule has 1 N–H and O–H groups in total. The molecular formula is C13H17BrO2. The number of hydrogen-bond donors (Lipinski definition) is 1. The van der Waals surface area contributed by atoms with Gasteiger partial charge in [0, 0.05) is 18.5 Å². The average molecular weight is 285 g/mol. The van der Waals surface area contributed by atoms with Crippen LogP contribution in [0.1, 0.15) is 18.4 Å². The van der Waals surface area contributed by atoms with E-state index in [9.17, 15) is 5.11 Å². The summed E-state index contributed by atoms with van der Waals surface area (Å²) in [6, 6.07) is 7.54. The van der Waals surface area contributed by atoms with Gasteiger partial charge in [-0.05, 0) is 42.4 Å². The van der Waals surface area contributed by atoms with Gasteiger partial charge in [-0.1, -0.05) is 28.1 Å². The lowest BCUT2D eigenvalue weighted by molar-refractivity contribution is 0.0270. The van der Waals surface area contributed by atoms with Gasteiger partial charge in [-0.15, -0.1) is 0 Å². The van der Waals surface area contributed by atoms with Crippen molar-refractivity contribution in [3.8, 4) is 5.75 Å². The van der Waals surface area contributed by atoms with Gasteiger partial charge in [0.15, 0.2) is 0 Å². The highest BCUT2D eigenvalue weighted by Gasteiger charge is 2.31. The number of ether oxygens (including phenoxy) is 1. The lowest BCUT2D eigenvalue weighted by Crippen LogP contribution is -2.33. The Labute approximate surface area is 105 Å². The van der Waals surface area contributed by atoms with Gasteiger partial charge in [0.25, 0.3) is 0 Å². The second-order valence-electron chi connectivity index (χ2n) is 4.59. The molecule has 88 valence electrons. The highest BCUT2D eigenvalue weighted by molar-refractivity contribution is 9.09. The summed E-state index contributed by atoms with van der Waals surface area (Å²) in [6.07, 6.45) is 3.28. The molecule has 1 saturated heterocycles. The minimum Gasteiger partial charge on any atom is -0.508 e. The van der Waals surface area contributed by atoms with E-state index in [1.807, 2.05) is 12.1 Å². The Morgan fingerprint density at radius 1 is 1.19 bits per heavy atom. The van der Waals surface area contributed by atoms with Crippen molar-refractivity contribution in [2.45, 2.75) is 19.3 Å². The molecule has 2 rings (SSSR count). The number of phenols is 1. The van der Waals surface area contributed by atoms with Gasteiger partial charge in [0.1, 0.15) is 5.75 Å². The maximum Gasteiger partial charge on any atom is 0.115 e. The normalized spacial score (nSPS) is 19.6. The fourth-order valence-electron chi connectivity index (χ4n) is 2.21. The molecule has 0 aromatic heterocycles. The van der Waals surface area contributed by atoms with Crippen LogP contribution in [-0.2, 0) is 11.2 Å². The third-order valence-electron chi connectivity index (χ3n) is 3.35. The number of hydrogen-bond acceptors (Lipinski definition) is 2. The second kappa shape index (κ2) is 5.19. The Morgan fingerprint density at radius 2 is 1.81 bits per heavy atom. The van der Waals surface area contributed by atoms with Gasteiger partial charge in [-0.3, -0.25) is 0 Å². The van der Waals surface area contributed by atoms with Crippen LogP contribution >= 0.6 is 15.9 Å². The maximum atomic E-state index is 9.25. The van der Waals surface area contributed by atoms with Gasteiger partial charge >= 0.3 is 0 Å². The van der Waals surface area contributed by atoms with Crippen molar-refractivity contribution >= 4 is 15.9 Å². The fourth-order valence-corrected chi connectivity index (χ4v) is 2.97. The highest BCUT2D eigenvalue weighted by Crippen LogP contribution is 2.36. The Balaban J connectivity index is 2.08. The van der Waals surface area contributed by atoms with Crippen LogP contribution in [0.25, 0.3) is 0 Å². The van der Waals surface area contributed by atoms with Crippen molar-refractivity contribution in [2.75, 3.05) is 18.5 Å². The molecule has 1 heterocycles. The molecule has 0 saturated carbocycles. The molecule has 1 aliphatic rings. The SMILES string of the molecule is Oc1ccc(CC2(CBr)CCOCC2)cc1. The quantitative estimate of drug-likeness (QED) is 0.865. The first-order chi connectivity index (χ1) is 7.74. The van der Waals surface area contributed by atoms with Crippen LogP contribution in [0.2, 0.25) is 0 Å². The van der Waals surface area contributed by atoms with Gasteiger partial charge in [-0.2, -0.15) is 0 Å². The van der Waals surface area contributed by atoms with Crippen LogP contribution in [0, 0.1) is 5.41 Å². The van der Waals surface area contributed by atoms with E-state index in [1.165, 1.54) is 5.56 Å². The number of rotatable bonds is 3. The van der Waals surface area contributed by atoms with E-state index in [1.54, 1.807) is 12.1 Å². The molecule has 0 atom stereocenters. The zero-order chi connectivity index (χ0) is 11.4. The molecule has 1 aromatic carbocycles. The summed E-state index contributed by atoms with van der Waals surface area (Å²) in [4.78, 5) is 0. The van der Waals surface area contributed by atoms with E-state index in [-0.39, 0.29) is 0 Å². The smallest absolute Gasteiger partial charge is 0.115 e. The fraction of sp³-hybridized carbons (Fsp3) is 0.538. The lowest BCUT2D eigenvalue weighted by atomic mass is 9.77. The Morgan fingerprint density at radius 3 is 2.38 bits per heavy atom. The number of halogens is 1. The third kappa shape index (κ3) is 2.77. The molecule has 1 aliphatic heterocycles. The molecule has 0 spiro atoms. The molecule has 0 bridgehead atoms. The van der Waals surface area contributed by atoms with Gasteiger partial charge in [-0.25, -0.2) is 0 Å². The molecule has 0 unspecified atom stereocenters. The van der Waals surface area contributed by atoms with Crippen molar-refractivity contribution in [3.05, 3.63) is 29.8 Å². The summed E-state index contributed by atoms with van der Waals surface area (Å²) < 4.78 is 5.42. The topological polar surface area (TPSA) is 29.5 Å². The summed E-state index contributed by atoms with van der Waals surface area (Å²) in [7, 11) is 0. The van der Waals surface area contributed by atoms with Gasteiger partial charge < -0.3 is 9.84 Å². The predicted molar refractivity (Wildman–Crippen MR) is 68.1 cm³/mol. The molecule has 0 amide bonds. The number of alkyl halides is 1. The van der Waals surface area contributed by atoms with E-state index in [4.69, 9.17) is 4.74 Å². The first-order valence-electron chi connectivity index (χ1n) is 5.66. The van der Waals surface area contributed by atoms with E-state index < -0.39 is 0 Å². The van der Waals surface area contributed by atoms with Crippen LogP contribution in [0.4, 0.5) is 0 Å². The second-order valence-corrected chi connectivity index (χ2v) is 5.15.